The zero-order valence-corrected chi connectivity index (χ0v) is 31.0. The second-order valence-electron chi connectivity index (χ2n) is 12.6. The van der Waals surface area contributed by atoms with Crippen LogP contribution in [0.1, 0.15) is 168 Å². The molecule has 48 heavy (non-hydrogen) atoms. The summed E-state index contributed by atoms with van der Waals surface area (Å²) in [7, 11) is 0. The smallest absolute Gasteiger partial charge is 0.306 e. The molecule has 1 N–H and O–H groups in total. The quantitative estimate of drug-likeness (QED) is 0.0420. The van der Waals surface area contributed by atoms with Gasteiger partial charge in [-0.25, -0.2) is 0 Å². The molecule has 1 atom stereocenters. The fourth-order valence-corrected chi connectivity index (χ4v) is 5.04. The van der Waals surface area contributed by atoms with Crippen molar-refractivity contribution < 1.29 is 24.2 Å². The average molecular weight is 669 g/mol. The van der Waals surface area contributed by atoms with E-state index >= 15 is 0 Å². The normalized spacial score (nSPS) is 13.0. The summed E-state index contributed by atoms with van der Waals surface area (Å²) in [6.07, 6.45) is 51.0. The minimum Gasteiger partial charge on any atom is -0.462 e. The summed E-state index contributed by atoms with van der Waals surface area (Å²) in [5.74, 6) is -0.644. The Bertz CT molecular complexity index is 895. The molecule has 0 amide bonds. The summed E-state index contributed by atoms with van der Waals surface area (Å²) in [6, 6.07) is 0. The largest absolute Gasteiger partial charge is 0.462 e. The van der Waals surface area contributed by atoms with Crippen LogP contribution < -0.4 is 0 Å². The van der Waals surface area contributed by atoms with Crippen molar-refractivity contribution in [3.8, 4) is 0 Å². The molecule has 0 spiro atoms. The molecule has 5 nitrogen and oxygen atoms in total. The molecule has 5 heteroatoms. The van der Waals surface area contributed by atoms with Crippen LogP contribution in [-0.2, 0) is 19.1 Å². The van der Waals surface area contributed by atoms with E-state index in [2.05, 4.69) is 86.8 Å². The number of unbranched alkanes of at least 4 members (excludes halogenated alkanes) is 14. The van der Waals surface area contributed by atoms with Crippen LogP contribution >= 0.6 is 0 Å². The van der Waals surface area contributed by atoms with Crippen molar-refractivity contribution in [2.45, 2.75) is 174 Å². The molecule has 0 aliphatic carbocycles. The molecule has 274 valence electrons. The average Bonchev–Trinajstić information content (AvgIpc) is 3.09. The summed E-state index contributed by atoms with van der Waals surface area (Å²) >= 11 is 0. The third-order valence-electron chi connectivity index (χ3n) is 7.98. The highest BCUT2D eigenvalue weighted by Gasteiger charge is 2.16. The van der Waals surface area contributed by atoms with Crippen molar-refractivity contribution in [2.24, 2.45) is 0 Å². The molecule has 0 saturated heterocycles. The predicted molar refractivity (Wildman–Crippen MR) is 205 cm³/mol. The Hall–Kier alpha value is -2.66. The van der Waals surface area contributed by atoms with Crippen LogP contribution in [0, 0.1) is 0 Å². The lowest BCUT2D eigenvalue weighted by Crippen LogP contribution is -2.28. The number of esters is 2. The Morgan fingerprint density at radius 1 is 0.500 bits per heavy atom. The number of hydrogen-bond acceptors (Lipinski definition) is 5. The molecule has 0 aromatic carbocycles. The fourth-order valence-electron chi connectivity index (χ4n) is 5.04. The van der Waals surface area contributed by atoms with Gasteiger partial charge in [0.15, 0.2) is 6.10 Å². The van der Waals surface area contributed by atoms with Gasteiger partial charge in [-0.15, -0.1) is 0 Å². The minimum absolute atomic E-state index is 0.0871. The Morgan fingerprint density at radius 2 is 0.896 bits per heavy atom. The fraction of sp³-hybridized carbons (Fsp3) is 0.674. The van der Waals surface area contributed by atoms with Crippen LogP contribution in [0.25, 0.3) is 0 Å². The van der Waals surface area contributed by atoms with E-state index in [-0.39, 0.29) is 25.2 Å². The van der Waals surface area contributed by atoms with E-state index in [1.54, 1.807) is 0 Å². The van der Waals surface area contributed by atoms with Gasteiger partial charge in [0.05, 0.1) is 6.61 Å². The summed E-state index contributed by atoms with van der Waals surface area (Å²) in [5.41, 5.74) is 0. The standard InChI is InChI=1S/C43H72O5/c1-3-5-7-9-11-13-15-17-19-20-21-22-24-26-28-30-32-34-36-38-43(46)48-41(39-44)40-47-42(45)37-35-33-31-29-27-25-23-18-16-14-12-10-8-6-4-2/h5,7,11,13,17-19,21-23,26,28,41,44H,3-4,6,8-10,12,14-16,20,24-25,27,29-40H2,1-2H3/b7-5-,13-11-,19-17-,22-21-,23-18-,28-26-/t41-/m0/s1. The molecule has 0 rings (SSSR count). The molecule has 0 radical (unpaired) electrons. The molecule has 0 bridgehead atoms. The monoisotopic (exact) mass is 669 g/mol. The van der Waals surface area contributed by atoms with Crippen LogP contribution in [0.4, 0.5) is 0 Å². The molecule has 0 aromatic rings. The van der Waals surface area contributed by atoms with Gasteiger partial charge >= 0.3 is 11.9 Å². The van der Waals surface area contributed by atoms with Crippen molar-refractivity contribution in [1.29, 1.82) is 0 Å². The number of carbonyl (C=O) groups is 2. The number of allylic oxidation sites excluding steroid dienone is 12. The Labute approximate surface area is 295 Å². The van der Waals surface area contributed by atoms with E-state index in [4.69, 9.17) is 9.47 Å². The van der Waals surface area contributed by atoms with E-state index in [1.807, 2.05) is 0 Å². The zero-order chi connectivity index (χ0) is 35.0. The summed E-state index contributed by atoms with van der Waals surface area (Å²) < 4.78 is 10.6. The third kappa shape index (κ3) is 36.2. The number of carbonyl (C=O) groups excluding carboxylic acids is 2. The van der Waals surface area contributed by atoms with Gasteiger partial charge in [0.2, 0.25) is 0 Å². The lowest BCUT2D eigenvalue weighted by molar-refractivity contribution is -0.161. The number of rotatable bonds is 34. The van der Waals surface area contributed by atoms with E-state index in [0.717, 1.165) is 83.5 Å². The van der Waals surface area contributed by atoms with Gasteiger partial charge < -0.3 is 14.6 Å². The first-order chi connectivity index (χ1) is 23.6. The maximum Gasteiger partial charge on any atom is 0.306 e. The molecular formula is C43H72O5. The molecule has 0 fully saturated rings. The SMILES string of the molecule is CC/C=C\C/C=C\C/C=C\C/C=C\C/C=C\CCCCCC(=O)O[C@@H](CO)COC(=O)CCCCCCC/C=C\CCCCCCCC. The third-order valence-corrected chi connectivity index (χ3v) is 7.98. The number of aliphatic hydroxyl groups excluding tert-OH is 1. The second kappa shape index (κ2) is 38.8. The van der Waals surface area contributed by atoms with Crippen LogP contribution in [0.3, 0.4) is 0 Å². The number of ether oxygens (including phenoxy) is 2. The Balaban J connectivity index is 3.67. The first-order valence-corrected chi connectivity index (χ1v) is 19.5. The van der Waals surface area contributed by atoms with Crippen LogP contribution in [-0.4, -0.2) is 36.4 Å². The second-order valence-corrected chi connectivity index (χ2v) is 12.6. The van der Waals surface area contributed by atoms with E-state index in [0.29, 0.717) is 12.8 Å². The summed E-state index contributed by atoms with van der Waals surface area (Å²) in [6.45, 7) is 3.97. The molecule has 0 aliphatic heterocycles. The zero-order valence-electron chi connectivity index (χ0n) is 31.0. The lowest BCUT2D eigenvalue weighted by Gasteiger charge is -2.15. The van der Waals surface area contributed by atoms with Gasteiger partial charge in [-0.3, -0.25) is 9.59 Å². The van der Waals surface area contributed by atoms with Crippen molar-refractivity contribution in [1.82, 2.24) is 0 Å². The van der Waals surface area contributed by atoms with Crippen LogP contribution in [0.5, 0.6) is 0 Å². The highest BCUT2D eigenvalue weighted by Crippen LogP contribution is 2.11. The first-order valence-electron chi connectivity index (χ1n) is 19.5. The topological polar surface area (TPSA) is 72.8 Å². The number of hydrogen-bond donors (Lipinski definition) is 1. The maximum absolute atomic E-state index is 12.2. The molecule has 0 aromatic heterocycles. The van der Waals surface area contributed by atoms with Gasteiger partial charge in [-0.1, -0.05) is 145 Å². The Kier molecular flexibility index (Phi) is 36.6. The minimum atomic E-state index is -0.795. The first kappa shape index (κ1) is 45.3. The van der Waals surface area contributed by atoms with Crippen LogP contribution in [0.2, 0.25) is 0 Å². The molecular weight excluding hydrogens is 596 g/mol. The maximum atomic E-state index is 12.2. The van der Waals surface area contributed by atoms with Crippen molar-refractivity contribution in [2.75, 3.05) is 13.2 Å². The van der Waals surface area contributed by atoms with Gasteiger partial charge in [0, 0.05) is 12.8 Å². The van der Waals surface area contributed by atoms with Gasteiger partial charge in [-0.2, -0.15) is 0 Å². The van der Waals surface area contributed by atoms with Crippen molar-refractivity contribution in [3.05, 3.63) is 72.9 Å². The van der Waals surface area contributed by atoms with Crippen molar-refractivity contribution in [3.63, 3.8) is 0 Å². The molecule has 0 unspecified atom stereocenters. The highest BCUT2D eigenvalue weighted by molar-refractivity contribution is 5.70. The molecule has 0 aliphatic rings. The van der Waals surface area contributed by atoms with E-state index < -0.39 is 6.10 Å². The van der Waals surface area contributed by atoms with Crippen LogP contribution in [0.15, 0.2) is 72.9 Å². The van der Waals surface area contributed by atoms with Gasteiger partial charge in [-0.05, 0) is 83.5 Å². The van der Waals surface area contributed by atoms with E-state index in [1.165, 1.54) is 57.8 Å². The van der Waals surface area contributed by atoms with Crippen molar-refractivity contribution >= 4 is 11.9 Å². The molecule has 0 heterocycles. The Morgan fingerprint density at radius 3 is 1.40 bits per heavy atom. The molecule has 0 saturated carbocycles. The highest BCUT2D eigenvalue weighted by atomic mass is 16.6. The lowest BCUT2D eigenvalue weighted by atomic mass is 10.1. The van der Waals surface area contributed by atoms with Gasteiger partial charge in [0.25, 0.3) is 0 Å². The number of aliphatic hydroxyl groups is 1. The summed E-state index contributed by atoms with van der Waals surface area (Å²) in [5, 5.41) is 9.55. The van der Waals surface area contributed by atoms with E-state index in [9.17, 15) is 14.7 Å². The predicted octanol–water partition coefficient (Wildman–Crippen LogP) is 12.2. The summed E-state index contributed by atoms with van der Waals surface area (Å²) in [4.78, 5) is 24.2. The van der Waals surface area contributed by atoms with Gasteiger partial charge in [0.1, 0.15) is 6.61 Å².